The van der Waals surface area contributed by atoms with Crippen LogP contribution in [0.5, 0.6) is 0 Å². The zero-order chi connectivity index (χ0) is 18.5. The molecule has 3 aromatic heterocycles. The van der Waals surface area contributed by atoms with Gasteiger partial charge in [-0.2, -0.15) is 0 Å². The Morgan fingerprint density at radius 3 is 2.63 bits per heavy atom. The van der Waals surface area contributed by atoms with E-state index >= 15 is 0 Å². The molecule has 0 radical (unpaired) electrons. The number of anilines is 1. The Morgan fingerprint density at radius 2 is 1.89 bits per heavy atom. The van der Waals surface area contributed by atoms with Crippen LogP contribution < -0.4 is 4.90 Å². The molecule has 4 rings (SSSR count). The highest BCUT2D eigenvalue weighted by atomic mass is 32.1. The monoisotopic (exact) mass is 392 g/mol. The predicted molar refractivity (Wildman–Crippen MR) is 109 cm³/mol. The second-order valence-corrected chi connectivity index (χ2v) is 7.84. The van der Waals surface area contributed by atoms with E-state index in [4.69, 9.17) is 0 Å². The average molecular weight is 393 g/mol. The molecule has 0 aliphatic heterocycles. The number of carbonyl (C=O) groups is 1. The number of hydrogen-bond donors (Lipinski definition) is 0. The minimum Gasteiger partial charge on any atom is -0.282 e. The van der Waals surface area contributed by atoms with E-state index in [1.54, 1.807) is 28.6 Å². The van der Waals surface area contributed by atoms with Gasteiger partial charge in [0.15, 0.2) is 5.01 Å². The number of nitrogens with zero attached hydrogens (tertiary/aromatic N) is 4. The number of amides is 1. The van der Waals surface area contributed by atoms with Gasteiger partial charge in [-0.05, 0) is 29.1 Å². The molecule has 0 atom stereocenters. The summed E-state index contributed by atoms with van der Waals surface area (Å²) in [6.07, 6.45) is 3.82. The Morgan fingerprint density at radius 1 is 1.00 bits per heavy atom. The number of aromatic nitrogens is 3. The summed E-state index contributed by atoms with van der Waals surface area (Å²) >= 11 is 2.98. The van der Waals surface area contributed by atoms with Gasteiger partial charge in [-0.1, -0.05) is 47.7 Å². The highest BCUT2D eigenvalue weighted by molar-refractivity contribution is 7.18. The van der Waals surface area contributed by atoms with Crippen LogP contribution in [-0.2, 0) is 17.8 Å². The smallest absolute Gasteiger partial charge is 0.234 e. The topological polar surface area (TPSA) is 59.0 Å². The van der Waals surface area contributed by atoms with Crippen LogP contribution in [0.15, 0.2) is 72.4 Å². The third-order valence-corrected chi connectivity index (χ3v) is 5.82. The van der Waals surface area contributed by atoms with Crippen LogP contribution in [0, 0.1) is 0 Å². The zero-order valence-electron chi connectivity index (χ0n) is 14.4. The van der Waals surface area contributed by atoms with Gasteiger partial charge in [-0.15, -0.1) is 21.5 Å². The molecule has 134 valence electrons. The van der Waals surface area contributed by atoms with Crippen LogP contribution in [0.2, 0.25) is 0 Å². The largest absolute Gasteiger partial charge is 0.282 e. The van der Waals surface area contributed by atoms with Gasteiger partial charge in [0.25, 0.3) is 0 Å². The maximum absolute atomic E-state index is 13.0. The van der Waals surface area contributed by atoms with Crippen molar-refractivity contribution in [1.29, 1.82) is 0 Å². The predicted octanol–water partition coefficient (Wildman–Crippen LogP) is 4.44. The summed E-state index contributed by atoms with van der Waals surface area (Å²) in [5.41, 5.74) is 1.95. The fourth-order valence-corrected chi connectivity index (χ4v) is 4.16. The quantitative estimate of drug-likeness (QED) is 0.487. The molecule has 1 amide bonds. The van der Waals surface area contributed by atoms with Crippen molar-refractivity contribution in [1.82, 2.24) is 15.2 Å². The van der Waals surface area contributed by atoms with Crippen molar-refractivity contribution < 1.29 is 4.79 Å². The number of pyridine rings is 1. The molecule has 0 spiro atoms. The Labute approximate surface area is 165 Å². The van der Waals surface area contributed by atoms with Crippen LogP contribution in [0.25, 0.3) is 10.6 Å². The molecule has 0 saturated carbocycles. The highest BCUT2D eigenvalue weighted by Crippen LogP contribution is 2.29. The summed E-state index contributed by atoms with van der Waals surface area (Å²) in [5, 5.41) is 11.9. The summed E-state index contributed by atoms with van der Waals surface area (Å²) in [7, 11) is 0. The highest BCUT2D eigenvalue weighted by Gasteiger charge is 2.21. The molecule has 4 aromatic rings. The molecule has 27 heavy (non-hydrogen) atoms. The third kappa shape index (κ3) is 4.27. The lowest BCUT2D eigenvalue weighted by Crippen LogP contribution is -2.31. The molecule has 0 saturated heterocycles. The van der Waals surface area contributed by atoms with Crippen molar-refractivity contribution in [2.24, 2.45) is 0 Å². The molecule has 3 heterocycles. The second-order valence-electron chi connectivity index (χ2n) is 5.85. The third-order valence-electron chi connectivity index (χ3n) is 3.94. The van der Waals surface area contributed by atoms with Gasteiger partial charge in [-0.3, -0.25) is 14.7 Å². The lowest BCUT2D eigenvalue weighted by molar-refractivity contribution is -0.118. The van der Waals surface area contributed by atoms with Crippen molar-refractivity contribution in [3.05, 3.63) is 82.8 Å². The Hall–Kier alpha value is -2.90. The number of thiophene rings is 1. The fraction of sp³-hybridized carbons (Fsp3) is 0.100. The van der Waals surface area contributed by atoms with Gasteiger partial charge in [-0.25, -0.2) is 0 Å². The Balaban J connectivity index is 1.63. The standard InChI is InChI=1S/C20H16N4OS2/c25-18(12-17-9-5-11-26-17)24(14-15-6-2-1-3-7-15)20-23-22-19(27-20)16-8-4-10-21-13-16/h1-11,13H,12,14H2. The first-order valence-electron chi connectivity index (χ1n) is 8.40. The average Bonchev–Trinajstić information content (AvgIpc) is 3.40. The lowest BCUT2D eigenvalue weighted by Gasteiger charge is -2.19. The van der Waals surface area contributed by atoms with E-state index in [2.05, 4.69) is 15.2 Å². The first-order valence-corrected chi connectivity index (χ1v) is 10.1. The van der Waals surface area contributed by atoms with Gasteiger partial charge in [0, 0.05) is 22.8 Å². The Bertz CT molecular complexity index is 1000. The second kappa shape index (κ2) is 8.20. The van der Waals surface area contributed by atoms with E-state index < -0.39 is 0 Å². The number of rotatable bonds is 6. The number of carbonyl (C=O) groups excluding carboxylic acids is 1. The van der Waals surface area contributed by atoms with Crippen LogP contribution in [-0.4, -0.2) is 21.1 Å². The molecule has 0 aliphatic rings. The van der Waals surface area contributed by atoms with Gasteiger partial charge in [0.2, 0.25) is 11.0 Å². The van der Waals surface area contributed by atoms with E-state index in [1.165, 1.54) is 11.3 Å². The van der Waals surface area contributed by atoms with Crippen molar-refractivity contribution in [2.45, 2.75) is 13.0 Å². The van der Waals surface area contributed by atoms with E-state index in [0.717, 1.165) is 21.0 Å². The van der Waals surface area contributed by atoms with Crippen molar-refractivity contribution in [3.8, 4) is 10.6 Å². The van der Waals surface area contributed by atoms with Crippen molar-refractivity contribution in [3.63, 3.8) is 0 Å². The molecule has 1 aromatic carbocycles. The molecule has 0 fully saturated rings. The minimum atomic E-state index is 0.00943. The first kappa shape index (κ1) is 17.5. The van der Waals surface area contributed by atoms with E-state index in [1.807, 2.05) is 60.0 Å². The molecule has 0 unspecified atom stereocenters. The van der Waals surface area contributed by atoms with Crippen LogP contribution in [0.3, 0.4) is 0 Å². The van der Waals surface area contributed by atoms with Gasteiger partial charge >= 0.3 is 0 Å². The summed E-state index contributed by atoms with van der Waals surface area (Å²) < 4.78 is 0. The lowest BCUT2D eigenvalue weighted by atomic mass is 10.2. The fourth-order valence-electron chi connectivity index (χ4n) is 2.62. The molecular formula is C20H16N4OS2. The van der Waals surface area contributed by atoms with Crippen molar-refractivity contribution in [2.75, 3.05) is 4.90 Å². The van der Waals surface area contributed by atoms with Crippen LogP contribution >= 0.6 is 22.7 Å². The summed E-state index contributed by atoms with van der Waals surface area (Å²) in [5.74, 6) is 0.00943. The van der Waals surface area contributed by atoms with Crippen LogP contribution in [0.1, 0.15) is 10.4 Å². The summed E-state index contributed by atoms with van der Waals surface area (Å²) in [4.78, 5) is 19.9. The molecule has 7 heteroatoms. The molecule has 0 aliphatic carbocycles. The maximum atomic E-state index is 13.0. The summed E-state index contributed by atoms with van der Waals surface area (Å²) in [6.45, 7) is 0.465. The van der Waals surface area contributed by atoms with Gasteiger partial charge in [0.1, 0.15) is 0 Å². The van der Waals surface area contributed by atoms with E-state index in [9.17, 15) is 4.79 Å². The van der Waals surface area contributed by atoms with Crippen molar-refractivity contribution >= 4 is 33.7 Å². The zero-order valence-corrected chi connectivity index (χ0v) is 16.0. The normalized spacial score (nSPS) is 10.7. The molecular weight excluding hydrogens is 376 g/mol. The molecule has 5 nitrogen and oxygen atoms in total. The van der Waals surface area contributed by atoms with Gasteiger partial charge < -0.3 is 0 Å². The minimum absolute atomic E-state index is 0.00943. The Kier molecular flexibility index (Phi) is 5.32. The van der Waals surface area contributed by atoms with E-state index in [0.29, 0.717) is 18.1 Å². The first-order chi connectivity index (χ1) is 13.3. The molecule has 0 bridgehead atoms. The van der Waals surface area contributed by atoms with Crippen LogP contribution in [0.4, 0.5) is 5.13 Å². The number of benzene rings is 1. The maximum Gasteiger partial charge on any atom is 0.234 e. The van der Waals surface area contributed by atoms with Gasteiger partial charge in [0.05, 0.1) is 13.0 Å². The number of hydrogen-bond acceptors (Lipinski definition) is 6. The molecule has 0 N–H and O–H groups in total. The summed E-state index contributed by atoms with van der Waals surface area (Å²) in [6, 6.07) is 17.7. The van der Waals surface area contributed by atoms with E-state index in [-0.39, 0.29) is 5.91 Å². The SMILES string of the molecule is O=C(Cc1cccs1)N(Cc1ccccc1)c1nnc(-c2cccnc2)s1.